The van der Waals surface area contributed by atoms with Crippen LogP contribution >= 0.6 is 12.4 Å². The lowest BCUT2D eigenvalue weighted by atomic mass is 10.0. The van der Waals surface area contributed by atoms with Gasteiger partial charge in [-0.05, 0) is 61.2 Å². The second kappa shape index (κ2) is 14.3. The first kappa shape index (κ1) is 31.1. The molecule has 2 amide bonds. The molecule has 41 heavy (non-hydrogen) atoms. The predicted octanol–water partition coefficient (Wildman–Crippen LogP) is 3.22. The summed E-state index contributed by atoms with van der Waals surface area (Å²) in [4.78, 5) is 53.2. The van der Waals surface area contributed by atoms with Crippen molar-refractivity contribution in [2.24, 2.45) is 11.7 Å². The molecule has 0 unspecified atom stereocenters. The van der Waals surface area contributed by atoms with Crippen LogP contribution in [0.2, 0.25) is 0 Å². The van der Waals surface area contributed by atoms with Crippen molar-refractivity contribution in [3.8, 4) is 0 Å². The van der Waals surface area contributed by atoms with Crippen molar-refractivity contribution >= 4 is 41.7 Å². The third-order valence-electron chi connectivity index (χ3n) is 7.10. The fourth-order valence-electron chi connectivity index (χ4n) is 5.00. The van der Waals surface area contributed by atoms with Crippen molar-refractivity contribution in [1.29, 1.82) is 5.41 Å². The van der Waals surface area contributed by atoms with Gasteiger partial charge in [0.05, 0.1) is 25.5 Å². The second-order valence-corrected chi connectivity index (χ2v) is 9.81. The van der Waals surface area contributed by atoms with Gasteiger partial charge in [-0.1, -0.05) is 30.3 Å². The lowest BCUT2D eigenvalue weighted by molar-refractivity contribution is -0.144. The Labute approximate surface area is 244 Å². The maximum atomic E-state index is 13.3. The number of amidine groups is 1. The summed E-state index contributed by atoms with van der Waals surface area (Å²) in [5.41, 5.74) is 7.11. The molecule has 216 valence electrons. The Balaban J connectivity index is 0.00000462. The predicted molar refractivity (Wildman–Crippen MR) is 158 cm³/mol. The van der Waals surface area contributed by atoms with Crippen molar-refractivity contribution in [1.82, 2.24) is 9.47 Å². The standard InChI is InChI=1S/C30H33N5O5.ClH/c1-40-26(36)18-22-17-24(35(29(22)38)16-5-9-20-7-3-2-4-8-20)19-34-15-6-10-25(30(34)39)28(37)33-23-13-11-21(12-14-23)27(31)32;/h2-4,6-8,10-15,22,24H,5,9,16-19H2,1H3,(H3,31,32)(H,33,37);1H/t22-,24-;/m0./s1. The van der Waals surface area contributed by atoms with Gasteiger partial charge in [-0.3, -0.25) is 24.6 Å². The minimum absolute atomic E-state index is 0. The number of anilines is 1. The van der Waals surface area contributed by atoms with Crippen LogP contribution in [0.25, 0.3) is 0 Å². The zero-order valence-corrected chi connectivity index (χ0v) is 23.6. The fourth-order valence-corrected chi connectivity index (χ4v) is 5.00. The molecule has 0 saturated carbocycles. The Bertz CT molecular complexity index is 1440. The van der Waals surface area contributed by atoms with Crippen molar-refractivity contribution in [2.75, 3.05) is 19.0 Å². The molecule has 11 heteroatoms. The van der Waals surface area contributed by atoms with Gasteiger partial charge in [-0.15, -0.1) is 12.4 Å². The molecular formula is C30H34ClN5O5. The lowest BCUT2D eigenvalue weighted by Crippen LogP contribution is -2.40. The summed E-state index contributed by atoms with van der Waals surface area (Å²) in [5, 5.41) is 10.2. The maximum absolute atomic E-state index is 13.3. The molecule has 4 N–H and O–H groups in total. The number of methoxy groups -OCH3 is 1. The summed E-state index contributed by atoms with van der Waals surface area (Å²) in [6.07, 6.45) is 3.52. The number of ether oxygens (including phenoxy) is 1. The number of halogens is 1. The molecule has 2 aromatic carbocycles. The number of nitrogens with two attached hydrogens (primary N) is 1. The number of aromatic nitrogens is 1. The number of esters is 1. The molecule has 0 spiro atoms. The summed E-state index contributed by atoms with van der Waals surface area (Å²) in [6, 6.07) is 19.2. The molecule has 10 nitrogen and oxygen atoms in total. The molecule has 0 aliphatic carbocycles. The van der Waals surface area contributed by atoms with E-state index in [9.17, 15) is 19.2 Å². The minimum Gasteiger partial charge on any atom is -0.469 e. The number of aryl methyl sites for hydroxylation is 1. The van der Waals surface area contributed by atoms with Crippen molar-refractivity contribution in [3.05, 3.63) is 100.0 Å². The summed E-state index contributed by atoms with van der Waals surface area (Å²) < 4.78 is 6.23. The molecule has 4 rings (SSSR count). The van der Waals surface area contributed by atoms with Crippen LogP contribution in [0.3, 0.4) is 0 Å². The van der Waals surface area contributed by atoms with Crippen molar-refractivity contribution in [3.63, 3.8) is 0 Å². The lowest BCUT2D eigenvalue weighted by Gasteiger charge is -2.25. The van der Waals surface area contributed by atoms with E-state index in [0.717, 1.165) is 12.8 Å². The smallest absolute Gasteiger partial charge is 0.306 e. The van der Waals surface area contributed by atoms with E-state index in [-0.39, 0.29) is 48.7 Å². The molecule has 1 aliphatic heterocycles. The molecule has 1 aromatic heterocycles. The first-order valence-electron chi connectivity index (χ1n) is 13.1. The van der Waals surface area contributed by atoms with Gasteiger partial charge in [-0.25, -0.2) is 0 Å². The van der Waals surface area contributed by atoms with E-state index in [0.29, 0.717) is 24.2 Å². The van der Waals surface area contributed by atoms with Crippen LogP contribution in [0.1, 0.15) is 40.7 Å². The highest BCUT2D eigenvalue weighted by Crippen LogP contribution is 2.29. The number of pyridine rings is 1. The van der Waals surface area contributed by atoms with Gasteiger partial charge in [0.2, 0.25) is 5.91 Å². The minimum atomic E-state index is -0.569. The van der Waals surface area contributed by atoms with Gasteiger partial charge < -0.3 is 25.3 Å². The molecule has 3 aromatic rings. The summed E-state index contributed by atoms with van der Waals surface area (Å²) in [7, 11) is 1.30. The number of hydrogen-bond acceptors (Lipinski definition) is 6. The van der Waals surface area contributed by atoms with Crippen LogP contribution in [-0.2, 0) is 27.3 Å². The molecule has 1 fully saturated rings. The molecular weight excluding hydrogens is 546 g/mol. The topological polar surface area (TPSA) is 148 Å². The zero-order chi connectivity index (χ0) is 28.6. The van der Waals surface area contributed by atoms with Crippen LogP contribution in [0.4, 0.5) is 5.69 Å². The van der Waals surface area contributed by atoms with Gasteiger partial charge in [0, 0.05) is 30.5 Å². The van der Waals surface area contributed by atoms with E-state index in [2.05, 4.69) is 5.32 Å². The third kappa shape index (κ3) is 7.82. The number of rotatable bonds is 11. The number of nitrogens with zero attached hydrogens (tertiary/aromatic N) is 2. The van der Waals surface area contributed by atoms with Gasteiger partial charge in [0.1, 0.15) is 11.4 Å². The van der Waals surface area contributed by atoms with Crippen LogP contribution in [0.5, 0.6) is 0 Å². The van der Waals surface area contributed by atoms with Gasteiger partial charge in [0.15, 0.2) is 0 Å². The number of nitrogen functional groups attached to an aromatic ring is 1. The van der Waals surface area contributed by atoms with Gasteiger partial charge >= 0.3 is 5.97 Å². The quantitative estimate of drug-likeness (QED) is 0.180. The Morgan fingerprint density at radius 3 is 2.41 bits per heavy atom. The van der Waals surface area contributed by atoms with Crippen LogP contribution in [-0.4, -0.2) is 52.8 Å². The van der Waals surface area contributed by atoms with E-state index in [4.69, 9.17) is 15.9 Å². The summed E-state index contributed by atoms with van der Waals surface area (Å²) in [6.45, 7) is 0.684. The fraction of sp³-hybridized carbons (Fsp3) is 0.300. The second-order valence-electron chi connectivity index (χ2n) is 9.81. The number of benzene rings is 2. The highest BCUT2D eigenvalue weighted by atomic mass is 35.5. The number of likely N-dealkylation sites (tertiary alicyclic amines) is 1. The Kier molecular flexibility index (Phi) is 10.8. The Hall–Kier alpha value is -4.44. The SMILES string of the molecule is COC(=O)C[C@@H]1C[C@@H](Cn2cccc(C(=O)Nc3ccc(C(=N)N)cc3)c2=O)N(CCCc2ccccc2)C1=O.Cl. The monoisotopic (exact) mass is 579 g/mol. The van der Waals surface area contributed by atoms with E-state index < -0.39 is 23.4 Å². The van der Waals surface area contributed by atoms with Crippen LogP contribution in [0, 0.1) is 11.3 Å². The average Bonchev–Trinajstić information content (AvgIpc) is 3.23. The number of hydrogen-bond donors (Lipinski definition) is 3. The molecule has 0 radical (unpaired) electrons. The van der Waals surface area contributed by atoms with E-state index in [1.165, 1.54) is 23.3 Å². The largest absolute Gasteiger partial charge is 0.469 e. The first-order chi connectivity index (χ1) is 19.3. The number of carbonyl (C=O) groups excluding carboxylic acids is 3. The van der Waals surface area contributed by atoms with E-state index in [1.807, 2.05) is 30.3 Å². The molecule has 2 atom stereocenters. The molecule has 0 bridgehead atoms. The highest BCUT2D eigenvalue weighted by Gasteiger charge is 2.40. The number of nitrogens with one attached hydrogen (secondary N) is 2. The zero-order valence-electron chi connectivity index (χ0n) is 22.7. The Morgan fingerprint density at radius 1 is 1.05 bits per heavy atom. The summed E-state index contributed by atoms with van der Waals surface area (Å²) in [5.74, 6) is -1.75. The highest BCUT2D eigenvalue weighted by molar-refractivity contribution is 6.04. The van der Waals surface area contributed by atoms with E-state index in [1.54, 1.807) is 41.4 Å². The average molecular weight is 580 g/mol. The van der Waals surface area contributed by atoms with Crippen molar-refractivity contribution in [2.45, 2.75) is 38.3 Å². The summed E-state index contributed by atoms with van der Waals surface area (Å²) >= 11 is 0. The normalized spacial score (nSPS) is 16.1. The molecule has 1 aliphatic rings. The van der Waals surface area contributed by atoms with Crippen LogP contribution < -0.4 is 16.6 Å². The maximum Gasteiger partial charge on any atom is 0.306 e. The van der Waals surface area contributed by atoms with Crippen LogP contribution in [0.15, 0.2) is 77.7 Å². The molecule has 2 heterocycles. The third-order valence-corrected chi connectivity index (χ3v) is 7.10. The Morgan fingerprint density at radius 2 is 1.76 bits per heavy atom. The number of amides is 2. The van der Waals surface area contributed by atoms with Gasteiger partial charge in [-0.2, -0.15) is 0 Å². The molecule has 1 saturated heterocycles. The van der Waals surface area contributed by atoms with Gasteiger partial charge in [0.25, 0.3) is 11.5 Å². The number of carbonyl (C=O) groups is 3. The first-order valence-corrected chi connectivity index (χ1v) is 13.1. The van der Waals surface area contributed by atoms with Crippen molar-refractivity contribution < 1.29 is 19.1 Å². The van der Waals surface area contributed by atoms with E-state index >= 15 is 0 Å².